The van der Waals surface area contributed by atoms with Gasteiger partial charge < -0.3 is 11.1 Å². The van der Waals surface area contributed by atoms with Gasteiger partial charge in [-0.25, -0.2) is 0 Å². The van der Waals surface area contributed by atoms with Crippen molar-refractivity contribution in [3.05, 3.63) is 29.8 Å². The molecule has 0 aromatic heterocycles. The molecule has 1 amide bonds. The molecule has 0 aliphatic heterocycles. The van der Waals surface area contributed by atoms with Gasteiger partial charge in [0.05, 0.1) is 0 Å². The van der Waals surface area contributed by atoms with Gasteiger partial charge in [-0.2, -0.15) is 0 Å². The van der Waals surface area contributed by atoms with Gasteiger partial charge in [0.1, 0.15) is 5.75 Å². The largest absolute Gasteiger partial charge is 0.326 e. The predicted molar refractivity (Wildman–Crippen MR) is 71.1 cm³/mol. The van der Waals surface area contributed by atoms with E-state index in [2.05, 4.69) is 5.32 Å². The van der Waals surface area contributed by atoms with Crippen LogP contribution in [0, 0.1) is 0 Å². The van der Waals surface area contributed by atoms with Gasteiger partial charge in [-0.05, 0) is 17.7 Å². The molecule has 0 aliphatic rings. The van der Waals surface area contributed by atoms with Crippen LogP contribution in [0.2, 0.25) is 0 Å². The average Bonchev–Trinajstić information content (AvgIpc) is 2.28. The Labute approximate surface area is 104 Å². The number of carbonyl (C=O) groups excluding carboxylic acids is 1. The van der Waals surface area contributed by atoms with Crippen molar-refractivity contribution in [2.45, 2.75) is 25.6 Å². The fourth-order valence-corrected chi connectivity index (χ4v) is 1.93. The van der Waals surface area contributed by atoms with Crippen LogP contribution in [0.5, 0.6) is 0 Å². The van der Waals surface area contributed by atoms with Crippen molar-refractivity contribution in [3.63, 3.8) is 0 Å². The predicted octanol–water partition coefficient (Wildman–Crippen LogP) is 1.24. The van der Waals surface area contributed by atoms with E-state index < -0.39 is 10.8 Å². The zero-order valence-corrected chi connectivity index (χ0v) is 10.9. The lowest BCUT2D eigenvalue weighted by atomic mass is 10.2. The monoisotopic (exact) mass is 254 g/mol. The number of hydrogen-bond donors (Lipinski definition) is 2. The molecule has 17 heavy (non-hydrogen) atoms. The lowest BCUT2D eigenvalue weighted by Crippen LogP contribution is -2.23. The molecular formula is C12H18N2O2S. The lowest BCUT2D eigenvalue weighted by Gasteiger charge is -2.08. The van der Waals surface area contributed by atoms with Gasteiger partial charge >= 0.3 is 0 Å². The summed E-state index contributed by atoms with van der Waals surface area (Å²) in [7, 11) is -1.12. The third kappa shape index (κ3) is 4.66. The van der Waals surface area contributed by atoms with Crippen LogP contribution in [0.25, 0.3) is 0 Å². The van der Waals surface area contributed by atoms with E-state index in [-0.39, 0.29) is 16.9 Å². The highest BCUT2D eigenvalue weighted by atomic mass is 32.2. The van der Waals surface area contributed by atoms with Gasteiger partial charge in [-0.15, -0.1) is 0 Å². The number of nitrogens with one attached hydrogen (secondary N) is 1. The Morgan fingerprint density at radius 2 is 2.18 bits per heavy atom. The molecule has 0 heterocycles. The van der Waals surface area contributed by atoms with Gasteiger partial charge in [0.25, 0.3) is 0 Å². The average molecular weight is 254 g/mol. The smallest absolute Gasteiger partial charge is 0.237 e. The maximum Gasteiger partial charge on any atom is 0.237 e. The zero-order valence-electron chi connectivity index (χ0n) is 10.1. The topological polar surface area (TPSA) is 72.2 Å². The van der Waals surface area contributed by atoms with Crippen molar-refractivity contribution in [1.82, 2.24) is 0 Å². The van der Waals surface area contributed by atoms with Crippen molar-refractivity contribution in [1.29, 1.82) is 0 Å². The van der Waals surface area contributed by atoms with Crippen molar-refractivity contribution in [2.75, 3.05) is 11.1 Å². The molecule has 0 radical (unpaired) electrons. The van der Waals surface area contributed by atoms with Crippen LogP contribution in [-0.2, 0) is 22.1 Å². The van der Waals surface area contributed by atoms with Crippen LogP contribution in [0.4, 0.5) is 5.69 Å². The Morgan fingerprint density at radius 1 is 1.47 bits per heavy atom. The van der Waals surface area contributed by atoms with Crippen LogP contribution in [0.1, 0.15) is 19.4 Å². The third-order valence-electron chi connectivity index (χ3n) is 2.25. The third-order valence-corrected chi connectivity index (χ3v) is 3.84. The summed E-state index contributed by atoms with van der Waals surface area (Å²) in [4.78, 5) is 11.6. The van der Waals surface area contributed by atoms with Gasteiger partial charge in [-0.1, -0.05) is 26.0 Å². The first-order valence-corrected chi connectivity index (χ1v) is 6.87. The molecule has 0 spiro atoms. The van der Waals surface area contributed by atoms with E-state index in [0.717, 1.165) is 5.56 Å². The summed E-state index contributed by atoms with van der Waals surface area (Å²) >= 11 is 0. The van der Waals surface area contributed by atoms with Crippen LogP contribution < -0.4 is 11.1 Å². The fraction of sp³-hybridized carbons (Fsp3) is 0.417. The molecule has 1 aromatic carbocycles. The molecule has 94 valence electrons. The zero-order chi connectivity index (χ0) is 12.8. The highest BCUT2D eigenvalue weighted by Crippen LogP contribution is 2.10. The van der Waals surface area contributed by atoms with Crippen molar-refractivity contribution in [2.24, 2.45) is 5.73 Å². The summed E-state index contributed by atoms with van der Waals surface area (Å²) in [5.74, 6) is -0.198. The van der Waals surface area contributed by atoms with E-state index in [1.807, 2.05) is 32.0 Å². The lowest BCUT2D eigenvalue weighted by molar-refractivity contribution is -0.113. The molecule has 4 nitrogen and oxygen atoms in total. The number of benzene rings is 1. The number of carbonyl (C=O) groups is 1. The highest BCUT2D eigenvalue weighted by Gasteiger charge is 2.11. The van der Waals surface area contributed by atoms with E-state index in [1.165, 1.54) is 0 Å². The maximum absolute atomic E-state index is 11.6. The molecule has 1 rings (SSSR count). The Balaban J connectivity index is 2.59. The maximum atomic E-state index is 11.6. The minimum Gasteiger partial charge on any atom is -0.326 e. The van der Waals surface area contributed by atoms with E-state index >= 15 is 0 Å². The second-order valence-electron chi connectivity index (χ2n) is 4.03. The number of amides is 1. The van der Waals surface area contributed by atoms with Crippen molar-refractivity contribution in [3.8, 4) is 0 Å². The molecule has 5 heteroatoms. The quantitative estimate of drug-likeness (QED) is 0.830. The number of anilines is 1. The summed E-state index contributed by atoms with van der Waals surface area (Å²) in [5, 5.41) is 2.71. The van der Waals surface area contributed by atoms with Crippen LogP contribution in [-0.4, -0.2) is 21.1 Å². The minimum absolute atomic E-state index is 0.00359. The van der Waals surface area contributed by atoms with Crippen molar-refractivity contribution >= 4 is 22.4 Å². The number of rotatable bonds is 5. The summed E-state index contributed by atoms with van der Waals surface area (Å²) < 4.78 is 11.5. The Kier molecular flexibility index (Phi) is 5.31. The molecule has 0 aliphatic carbocycles. The highest BCUT2D eigenvalue weighted by molar-refractivity contribution is 7.86. The number of hydrogen-bond acceptors (Lipinski definition) is 3. The standard InChI is InChI=1S/C12H18N2O2S/c1-9(2)17(16)8-12(15)14-11-5-3-4-10(6-11)7-13/h3-6,9H,7-8,13H2,1-2H3,(H,14,15). The molecule has 1 unspecified atom stereocenters. The van der Waals surface area contributed by atoms with E-state index in [9.17, 15) is 9.00 Å². The van der Waals surface area contributed by atoms with E-state index in [1.54, 1.807) is 6.07 Å². The summed E-state index contributed by atoms with van der Waals surface area (Å²) in [6, 6.07) is 7.32. The first kappa shape index (κ1) is 13.9. The first-order chi connectivity index (χ1) is 8.02. The normalized spacial score (nSPS) is 12.5. The molecule has 1 aromatic rings. The molecule has 0 bridgehead atoms. The SMILES string of the molecule is CC(C)S(=O)CC(=O)Nc1cccc(CN)c1. The van der Waals surface area contributed by atoms with Gasteiger partial charge in [-0.3, -0.25) is 9.00 Å². The van der Waals surface area contributed by atoms with Gasteiger partial charge in [0.15, 0.2) is 0 Å². The van der Waals surface area contributed by atoms with Crippen LogP contribution >= 0.6 is 0 Å². The molecule has 0 saturated carbocycles. The molecular weight excluding hydrogens is 236 g/mol. The number of nitrogens with two attached hydrogens (primary N) is 1. The fourth-order valence-electron chi connectivity index (χ4n) is 1.27. The Bertz CT molecular complexity index is 419. The van der Waals surface area contributed by atoms with Gasteiger partial charge in [0, 0.05) is 28.3 Å². The van der Waals surface area contributed by atoms with E-state index in [4.69, 9.17) is 5.73 Å². The van der Waals surface area contributed by atoms with Crippen LogP contribution in [0.3, 0.4) is 0 Å². The van der Waals surface area contributed by atoms with Crippen molar-refractivity contribution < 1.29 is 9.00 Å². The Hall–Kier alpha value is -1.20. The van der Waals surface area contributed by atoms with E-state index in [0.29, 0.717) is 12.2 Å². The second-order valence-corrected chi connectivity index (χ2v) is 6.02. The molecule has 0 fully saturated rings. The second kappa shape index (κ2) is 6.51. The molecule has 0 saturated heterocycles. The first-order valence-electron chi connectivity index (χ1n) is 5.49. The summed E-state index contributed by atoms with van der Waals surface area (Å²) in [6.45, 7) is 4.10. The Morgan fingerprint density at radius 3 is 2.76 bits per heavy atom. The summed E-state index contributed by atoms with van der Waals surface area (Å²) in [6.07, 6.45) is 0. The van der Waals surface area contributed by atoms with Gasteiger partial charge in [0.2, 0.25) is 5.91 Å². The molecule has 3 N–H and O–H groups in total. The van der Waals surface area contributed by atoms with Crippen LogP contribution in [0.15, 0.2) is 24.3 Å². The minimum atomic E-state index is -1.12. The summed E-state index contributed by atoms with van der Waals surface area (Å²) in [5.41, 5.74) is 7.15. The molecule has 1 atom stereocenters.